The minimum atomic E-state index is -3.47. The second-order valence-electron chi connectivity index (χ2n) is 5.30. The van der Waals surface area contributed by atoms with Crippen LogP contribution >= 0.6 is 0 Å². The van der Waals surface area contributed by atoms with Gasteiger partial charge in [0, 0.05) is 6.04 Å². The normalized spacial score (nSPS) is 17.9. The molecule has 5 heteroatoms. The van der Waals surface area contributed by atoms with Crippen LogP contribution in [0.4, 0.5) is 0 Å². The van der Waals surface area contributed by atoms with E-state index in [9.17, 15) is 8.42 Å². The van der Waals surface area contributed by atoms with Crippen LogP contribution < -0.4 is 4.72 Å². The van der Waals surface area contributed by atoms with Crippen LogP contribution in [-0.4, -0.2) is 14.5 Å². The topological polar surface area (TPSA) is 70.0 Å². The van der Waals surface area contributed by atoms with E-state index in [0.29, 0.717) is 5.56 Å². The lowest BCUT2D eigenvalue weighted by Gasteiger charge is -2.20. The van der Waals surface area contributed by atoms with E-state index < -0.39 is 10.0 Å². The van der Waals surface area contributed by atoms with Crippen LogP contribution in [0, 0.1) is 11.3 Å². The van der Waals surface area contributed by atoms with Gasteiger partial charge in [-0.25, -0.2) is 13.1 Å². The van der Waals surface area contributed by atoms with Crippen LogP contribution in [-0.2, 0) is 10.0 Å². The van der Waals surface area contributed by atoms with E-state index in [4.69, 9.17) is 5.26 Å². The Morgan fingerprint density at radius 2 is 1.55 bits per heavy atom. The Morgan fingerprint density at radius 1 is 1.00 bits per heavy atom. The summed E-state index contributed by atoms with van der Waals surface area (Å²) in [7, 11) is -3.47. The Labute approximate surface area is 120 Å². The van der Waals surface area contributed by atoms with Crippen molar-refractivity contribution in [1.82, 2.24) is 4.72 Å². The number of hydrogen-bond acceptors (Lipinski definition) is 3. The molecule has 0 amide bonds. The van der Waals surface area contributed by atoms with Crippen LogP contribution in [0.3, 0.4) is 0 Å². The number of hydrogen-bond donors (Lipinski definition) is 1. The van der Waals surface area contributed by atoms with Crippen molar-refractivity contribution in [2.75, 3.05) is 0 Å². The summed E-state index contributed by atoms with van der Waals surface area (Å²) in [6.45, 7) is 0. The number of nitrogens with one attached hydrogen (secondary N) is 1. The van der Waals surface area contributed by atoms with Crippen molar-refractivity contribution in [3.8, 4) is 6.07 Å². The van der Waals surface area contributed by atoms with Crippen molar-refractivity contribution in [2.45, 2.75) is 55.9 Å². The smallest absolute Gasteiger partial charge is 0.208 e. The molecule has 1 aliphatic carbocycles. The summed E-state index contributed by atoms with van der Waals surface area (Å²) in [5.41, 5.74) is 0.468. The zero-order valence-electron chi connectivity index (χ0n) is 11.5. The number of rotatable bonds is 3. The van der Waals surface area contributed by atoms with Crippen molar-refractivity contribution in [1.29, 1.82) is 5.26 Å². The predicted molar refractivity (Wildman–Crippen MR) is 77.6 cm³/mol. The van der Waals surface area contributed by atoms with Gasteiger partial charge in [0.15, 0.2) is 0 Å². The fraction of sp³-hybridized carbons (Fsp3) is 0.533. The molecule has 1 aromatic carbocycles. The summed E-state index contributed by atoms with van der Waals surface area (Å²) >= 11 is 0. The number of benzene rings is 1. The first-order valence-corrected chi connectivity index (χ1v) is 8.62. The summed E-state index contributed by atoms with van der Waals surface area (Å²) in [5.74, 6) is 0. The van der Waals surface area contributed by atoms with Gasteiger partial charge in [-0.15, -0.1) is 0 Å². The molecule has 0 atom stereocenters. The van der Waals surface area contributed by atoms with E-state index in [2.05, 4.69) is 4.72 Å². The molecule has 0 radical (unpaired) electrons. The van der Waals surface area contributed by atoms with Gasteiger partial charge < -0.3 is 0 Å². The molecule has 1 saturated carbocycles. The maximum Gasteiger partial charge on any atom is 0.240 e. The molecule has 0 spiro atoms. The summed E-state index contributed by atoms with van der Waals surface area (Å²) in [4.78, 5) is 0.235. The van der Waals surface area contributed by atoms with Gasteiger partial charge in [-0.05, 0) is 37.1 Å². The minimum Gasteiger partial charge on any atom is -0.208 e. The monoisotopic (exact) mass is 292 g/mol. The van der Waals surface area contributed by atoms with Crippen LogP contribution in [0.25, 0.3) is 0 Å². The Morgan fingerprint density at radius 3 is 2.10 bits per heavy atom. The molecule has 108 valence electrons. The van der Waals surface area contributed by atoms with E-state index in [1.807, 2.05) is 6.07 Å². The number of sulfonamides is 1. The van der Waals surface area contributed by atoms with Gasteiger partial charge >= 0.3 is 0 Å². The van der Waals surface area contributed by atoms with Gasteiger partial charge in [0.05, 0.1) is 16.5 Å². The van der Waals surface area contributed by atoms with Crippen LogP contribution in [0.15, 0.2) is 29.2 Å². The molecule has 0 saturated heterocycles. The molecule has 20 heavy (non-hydrogen) atoms. The second-order valence-corrected chi connectivity index (χ2v) is 7.01. The molecular weight excluding hydrogens is 272 g/mol. The van der Waals surface area contributed by atoms with E-state index in [1.165, 1.54) is 43.5 Å². The van der Waals surface area contributed by atoms with Crippen LogP contribution in [0.1, 0.15) is 50.5 Å². The summed E-state index contributed by atoms with van der Waals surface area (Å²) in [6.07, 6.45) is 7.63. The summed E-state index contributed by atoms with van der Waals surface area (Å²) in [6, 6.07) is 8.07. The van der Waals surface area contributed by atoms with Crippen molar-refractivity contribution in [3.05, 3.63) is 29.8 Å². The number of nitrogens with zero attached hydrogens (tertiary/aromatic N) is 1. The molecule has 0 bridgehead atoms. The summed E-state index contributed by atoms with van der Waals surface area (Å²) < 4.78 is 27.4. The highest BCUT2D eigenvalue weighted by molar-refractivity contribution is 7.89. The molecule has 0 unspecified atom stereocenters. The van der Waals surface area contributed by atoms with Crippen LogP contribution in [0.2, 0.25) is 0 Å². The van der Waals surface area contributed by atoms with E-state index in [0.717, 1.165) is 25.7 Å². The molecule has 1 fully saturated rings. The van der Waals surface area contributed by atoms with Gasteiger partial charge in [0.1, 0.15) is 0 Å². The predicted octanol–water partition coefficient (Wildman–Crippen LogP) is 2.95. The maximum absolute atomic E-state index is 12.3. The minimum absolute atomic E-state index is 0.0379. The van der Waals surface area contributed by atoms with Crippen molar-refractivity contribution in [3.63, 3.8) is 0 Å². The molecule has 0 aromatic heterocycles. The zero-order chi connectivity index (χ0) is 14.4. The number of nitriles is 1. The van der Waals surface area contributed by atoms with Crippen molar-refractivity contribution in [2.24, 2.45) is 0 Å². The van der Waals surface area contributed by atoms with E-state index in [1.54, 1.807) is 0 Å². The molecule has 1 aromatic rings. The highest BCUT2D eigenvalue weighted by Gasteiger charge is 2.20. The quantitative estimate of drug-likeness (QED) is 0.931. The third-order valence-corrected chi connectivity index (χ3v) is 5.26. The zero-order valence-corrected chi connectivity index (χ0v) is 12.3. The Hall–Kier alpha value is -1.38. The Kier molecular flexibility index (Phi) is 5.16. The average Bonchev–Trinajstić information content (AvgIpc) is 2.42. The third-order valence-electron chi connectivity index (χ3n) is 3.72. The Bertz CT molecular complexity index is 565. The van der Waals surface area contributed by atoms with E-state index in [-0.39, 0.29) is 10.9 Å². The van der Waals surface area contributed by atoms with Gasteiger partial charge in [0.25, 0.3) is 0 Å². The molecular formula is C15H20N2O2S. The average molecular weight is 292 g/mol. The lowest BCUT2D eigenvalue weighted by atomic mass is 9.97. The highest BCUT2D eigenvalue weighted by atomic mass is 32.2. The maximum atomic E-state index is 12.3. The van der Waals surface area contributed by atoms with Gasteiger partial charge in [-0.1, -0.05) is 32.1 Å². The summed E-state index contributed by atoms with van der Waals surface area (Å²) in [5, 5.41) is 8.74. The lowest BCUT2D eigenvalue weighted by molar-refractivity contribution is 0.426. The van der Waals surface area contributed by atoms with Gasteiger partial charge in [-0.2, -0.15) is 5.26 Å². The standard InChI is InChI=1S/C15H20N2O2S/c16-12-13-8-10-15(11-9-13)20(18,19)17-14-6-4-2-1-3-5-7-14/h8-11,14,17H,1-7H2. The van der Waals surface area contributed by atoms with Crippen molar-refractivity contribution >= 4 is 10.0 Å². The highest BCUT2D eigenvalue weighted by Crippen LogP contribution is 2.19. The van der Waals surface area contributed by atoms with Gasteiger partial charge in [-0.3, -0.25) is 0 Å². The fourth-order valence-electron chi connectivity index (χ4n) is 2.57. The van der Waals surface area contributed by atoms with Crippen LogP contribution in [0.5, 0.6) is 0 Å². The lowest BCUT2D eigenvalue weighted by Crippen LogP contribution is -2.35. The molecule has 2 rings (SSSR count). The molecule has 0 heterocycles. The second kappa shape index (κ2) is 6.87. The van der Waals surface area contributed by atoms with Crippen molar-refractivity contribution < 1.29 is 8.42 Å². The van der Waals surface area contributed by atoms with Gasteiger partial charge in [0.2, 0.25) is 10.0 Å². The first kappa shape index (κ1) is 15.0. The molecule has 1 aliphatic rings. The van der Waals surface area contributed by atoms with E-state index >= 15 is 0 Å². The molecule has 1 N–H and O–H groups in total. The largest absolute Gasteiger partial charge is 0.240 e. The first-order chi connectivity index (χ1) is 9.62. The first-order valence-electron chi connectivity index (χ1n) is 7.14. The molecule has 0 aliphatic heterocycles. The third kappa shape index (κ3) is 4.06. The SMILES string of the molecule is N#Cc1ccc(S(=O)(=O)NC2CCCCCCC2)cc1. The Balaban J connectivity index is 2.07. The molecule has 4 nitrogen and oxygen atoms in total. The fourth-order valence-corrected chi connectivity index (χ4v) is 3.88.